The summed E-state index contributed by atoms with van der Waals surface area (Å²) < 4.78 is 31.9. The molecule has 0 radical (unpaired) electrons. The Kier molecular flexibility index (Phi) is 4.47. The maximum absolute atomic E-state index is 11.6. The Morgan fingerprint density at radius 2 is 2.20 bits per heavy atom. The van der Waals surface area contributed by atoms with Crippen LogP contribution in [0.2, 0.25) is 0 Å². The van der Waals surface area contributed by atoms with Gasteiger partial charge in [0, 0.05) is 32.8 Å². The third-order valence-corrected chi connectivity index (χ3v) is 3.78. The first-order valence-electron chi connectivity index (χ1n) is 4.94. The highest BCUT2D eigenvalue weighted by atomic mass is 32.2. The van der Waals surface area contributed by atoms with Crippen LogP contribution in [0.25, 0.3) is 0 Å². The first-order valence-corrected chi connectivity index (χ1v) is 6.38. The molecule has 15 heavy (non-hydrogen) atoms. The van der Waals surface area contributed by atoms with Gasteiger partial charge in [0.15, 0.2) is 0 Å². The summed E-state index contributed by atoms with van der Waals surface area (Å²) in [5, 5.41) is 0. The van der Waals surface area contributed by atoms with Crippen LogP contribution in [0, 0.1) is 0 Å². The fourth-order valence-corrected chi connectivity index (χ4v) is 2.42. The second kappa shape index (κ2) is 5.22. The molecule has 0 saturated heterocycles. The van der Waals surface area contributed by atoms with Gasteiger partial charge in [0.25, 0.3) is 10.2 Å². The van der Waals surface area contributed by atoms with Gasteiger partial charge >= 0.3 is 0 Å². The van der Waals surface area contributed by atoms with Crippen molar-refractivity contribution in [3.05, 3.63) is 0 Å². The fraction of sp³-hybridized carbons (Fsp3) is 1.00. The molecule has 1 saturated carbocycles. The topological polar surface area (TPSA) is 84.7 Å². The van der Waals surface area contributed by atoms with Crippen LogP contribution in [0.5, 0.6) is 0 Å². The molecule has 1 unspecified atom stereocenters. The van der Waals surface area contributed by atoms with Crippen molar-refractivity contribution in [1.82, 2.24) is 9.03 Å². The van der Waals surface area contributed by atoms with Crippen molar-refractivity contribution < 1.29 is 13.2 Å². The fourth-order valence-electron chi connectivity index (χ4n) is 1.20. The predicted octanol–water partition coefficient (Wildman–Crippen LogP) is -1.11. The average molecular weight is 237 g/mol. The standard InChI is InChI=1S/C8H19N3O3S/c1-11(5-7(9)6-14-2)15(12,13)10-8-3-4-8/h7-8,10H,3-6,9H2,1-2H3. The summed E-state index contributed by atoms with van der Waals surface area (Å²) in [6.07, 6.45) is 1.86. The van der Waals surface area contributed by atoms with Crippen LogP contribution in [-0.4, -0.2) is 52.1 Å². The number of nitrogens with zero attached hydrogens (tertiary/aromatic N) is 1. The summed E-state index contributed by atoms with van der Waals surface area (Å²) in [6, 6.07) is -0.174. The summed E-state index contributed by atoms with van der Waals surface area (Å²) in [6.45, 7) is 0.610. The summed E-state index contributed by atoms with van der Waals surface area (Å²) in [4.78, 5) is 0. The maximum atomic E-state index is 11.6. The van der Waals surface area contributed by atoms with Gasteiger partial charge in [-0.2, -0.15) is 17.4 Å². The van der Waals surface area contributed by atoms with Crippen molar-refractivity contribution in [3.63, 3.8) is 0 Å². The molecule has 0 aromatic heterocycles. The monoisotopic (exact) mass is 237 g/mol. The molecule has 6 nitrogen and oxygen atoms in total. The van der Waals surface area contributed by atoms with Crippen LogP contribution in [0.15, 0.2) is 0 Å². The van der Waals surface area contributed by atoms with Gasteiger partial charge in [-0.05, 0) is 12.8 Å². The molecule has 0 aliphatic heterocycles. The summed E-state index contributed by atoms with van der Waals surface area (Å²) in [5.74, 6) is 0. The van der Waals surface area contributed by atoms with E-state index in [2.05, 4.69) is 4.72 Å². The number of methoxy groups -OCH3 is 1. The lowest BCUT2D eigenvalue weighted by Gasteiger charge is -2.20. The van der Waals surface area contributed by atoms with E-state index in [1.807, 2.05) is 0 Å². The number of likely N-dealkylation sites (N-methyl/N-ethyl adjacent to an activating group) is 1. The molecular formula is C8H19N3O3S. The number of ether oxygens (including phenoxy) is 1. The highest BCUT2D eigenvalue weighted by molar-refractivity contribution is 7.87. The van der Waals surface area contributed by atoms with E-state index < -0.39 is 10.2 Å². The molecular weight excluding hydrogens is 218 g/mol. The van der Waals surface area contributed by atoms with Crippen molar-refractivity contribution in [3.8, 4) is 0 Å². The molecule has 1 fully saturated rings. The van der Waals surface area contributed by atoms with Gasteiger partial charge in [0.1, 0.15) is 0 Å². The highest BCUT2D eigenvalue weighted by Crippen LogP contribution is 2.20. The smallest absolute Gasteiger partial charge is 0.279 e. The van der Waals surface area contributed by atoms with E-state index in [0.29, 0.717) is 6.61 Å². The van der Waals surface area contributed by atoms with Crippen molar-refractivity contribution in [1.29, 1.82) is 0 Å². The molecule has 0 aromatic rings. The summed E-state index contributed by atoms with van der Waals surface area (Å²) in [5.41, 5.74) is 5.67. The van der Waals surface area contributed by atoms with Gasteiger partial charge in [0.2, 0.25) is 0 Å². The Morgan fingerprint density at radius 3 is 2.67 bits per heavy atom. The summed E-state index contributed by atoms with van der Waals surface area (Å²) in [7, 11) is -0.310. The Labute approximate surface area is 90.9 Å². The van der Waals surface area contributed by atoms with Gasteiger partial charge in [-0.25, -0.2) is 0 Å². The molecule has 7 heteroatoms. The van der Waals surface area contributed by atoms with Crippen molar-refractivity contribution in [2.45, 2.75) is 24.9 Å². The first-order chi connectivity index (χ1) is 6.95. The van der Waals surface area contributed by atoms with Crippen molar-refractivity contribution in [2.24, 2.45) is 5.73 Å². The molecule has 1 atom stereocenters. The van der Waals surface area contributed by atoms with Gasteiger partial charge in [-0.3, -0.25) is 0 Å². The van der Waals surface area contributed by atoms with Crippen molar-refractivity contribution in [2.75, 3.05) is 27.3 Å². The quantitative estimate of drug-likeness (QED) is 0.588. The van der Waals surface area contributed by atoms with Crippen molar-refractivity contribution >= 4 is 10.2 Å². The largest absolute Gasteiger partial charge is 0.383 e. The number of hydrogen-bond donors (Lipinski definition) is 2. The zero-order valence-electron chi connectivity index (χ0n) is 9.14. The number of rotatable bonds is 7. The number of nitrogens with one attached hydrogen (secondary N) is 1. The van der Waals surface area contributed by atoms with Gasteiger partial charge in [0.05, 0.1) is 6.61 Å². The second-order valence-electron chi connectivity index (χ2n) is 3.89. The van der Waals surface area contributed by atoms with E-state index in [9.17, 15) is 8.42 Å². The van der Waals surface area contributed by atoms with Gasteiger partial charge in [-0.1, -0.05) is 0 Å². The van der Waals surface area contributed by atoms with E-state index in [1.54, 1.807) is 0 Å². The highest BCUT2D eigenvalue weighted by Gasteiger charge is 2.29. The normalized spacial score (nSPS) is 19.5. The molecule has 1 aliphatic rings. The molecule has 0 heterocycles. The minimum Gasteiger partial charge on any atom is -0.383 e. The summed E-state index contributed by atoms with van der Waals surface area (Å²) >= 11 is 0. The van der Waals surface area contributed by atoms with Crippen LogP contribution >= 0.6 is 0 Å². The van der Waals surface area contributed by atoms with E-state index in [0.717, 1.165) is 12.8 Å². The molecule has 0 aromatic carbocycles. The lowest BCUT2D eigenvalue weighted by Crippen LogP contribution is -2.46. The Morgan fingerprint density at radius 1 is 1.60 bits per heavy atom. The second-order valence-corrected chi connectivity index (χ2v) is 5.70. The molecule has 0 spiro atoms. The molecule has 0 amide bonds. The van der Waals surface area contributed by atoms with E-state index in [4.69, 9.17) is 10.5 Å². The lowest BCUT2D eigenvalue weighted by atomic mass is 10.3. The molecule has 1 rings (SSSR count). The van der Waals surface area contributed by atoms with Crippen LogP contribution in [0.3, 0.4) is 0 Å². The van der Waals surface area contributed by atoms with E-state index in [-0.39, 0.29) is 18.6 Å². The zero-order chi connectivity index (χ0) is 11.5. The predicted molar refractivity (Wildman–Crippen MR) is 57.6 cm³/mol. The number of hydrogen-bond acceptors (Lipinski definition) is 4. The van der Waals surface area contributed by atoms with Gasteiger partial charge < -0.3 is 10.5 Å². The third kappa shape index (κ3) is 4.43. The molecule has 1 aliphatic carbocycles. The van der Waals surface area contributed by atoms with Gasteiger partial charge in [-0.15, -0.1) is 0 Å². The minimum absolute atomic E-state index is 0.121. The Bertz CT molecular complexity index is 290. The zero-order valence-corrected chi connectivity index (χ0v) is 9.96. The first kappa shape index (κ1) is 12.9. The van der Waals surface area contributed by atoms with Crippen LogP contribution < -0.4 is 10.5 Å². The SMILES string of the molecule is COCC(N)CN(C)S(=O)(=O)NC1CC1. The lowest BCUT2D eigenvalue weighted by molar-refractivity contribution is 0.173. The maximum Gasteiger partial charge on any atom is 0.279 e. The van der Waals surface area contributed by atoms with Crippen LogP contribution in [0.4, 0.5) is 0 Å². The Balaban J connectivity index is 2.39. The molecule has 0 bridgehead atoms. The third-order valence-electron chi connectivity index (χ3n) is 2.18. The van der Waals surface area contributed by atoms with E-state index in [1.165, 1.54) is 18.5 Å². The molecule has 3 N–H and O–H groups in total. The number of nitrogens with two attached hydrogens (primary N) is 1. The average Bonchev–Trinajstić information content (AvgIpc) is 2.87. The van der Waals surface area contributed by atoms with Crippen LogP contribution in [-0.2, 0) is 14.9 Å². The minimum atomic E-state index is -3.36. The van der Waals surface area contributed by atoms with E-state index >= 15 is 0 Å². The molecule has 90 valence electrons. The van der Waals surface area contributed by atoms with Crippen LogP contribution in [0.1, 0.15) is 12.8 Å². The Hall–Kier alpha value is -0.210.